The average molecular weight is 336 g/mol. The Hall–Kier alpha value is -1.80. The Morgan fingerprint density at radius 3 is 2.62 bits per heavy atom. The first-order chi connectivity index (χ1) is 11.6. The lowest BCUT2D eigenvalue weighted by Gasteiger charge is -2.42. The minimum absolute atomic E-state index is 0.0685. The molecule has 0 bridgehead atoms. The Morgan fingerprint density at radius 2 is 2.00 bits per heavy atom. The van der Waals surface area contributed by atoms with Crippen LogP contribution in [0.5, 0.6) is 5.88 Å². The third-order valence-corrected chi connectivity index (χ3v) is 5.02. The second-order valence-electron chi connectivity index (χ2n) is 6.71. The van der Waals surface area contributed by atoms with E-state index in [1.165, 1.54) is 19.4 Å². The highest BCUT2D eigenvalue weighted by Crippen LogP contribution is 2.18. The zero-order chi connectivity index (χ0) is 17.1. The van der Waals surface area contributed by atoms with Crippen LogP contribution >= 0.6 is 0 Å². The van der Waals surface area contributed by atoms with E-state index in [9.17, 15) is 4.79 Å². The topological polar surface area (TPSA) is 65.9 Å². The van der Waals surface area contributed by atoms with Gasteiger partial charge in [-0.1, -0.05) is 0 Å². The molecule has 8 nitrogen and oxygen atoms in total. The molecule has 2 fully saturated rings. The molecule has 2 amide bonds. The van der Waals surface area contributed by atoms with Gasteiger partial charge in [-0.05, 0) is 26.4 Å². The molecule has 134 valence electrons. The van der Waals surface area contributed by atoms with Crippen LogP contribution in [0, 0.1) is 0 Å². The highest BCUT2D eigenvalue weighted by molar-refractivity contribution is 5.88. The summed E-state index contributed by atoms with van der Waals surface area (Å²) < 4.78 is 6.70. The summed E-state index contributed by atoms with van der Waals surface area (Å²) in [4.78, 5) is 19.3. The molecule has 1 aromatic heterocycles. The van der Waals surface area contributed by atoms with Crippen molar-refractivity contribution in [3.05, 3.63) is 6.07 Å². The Labute approximate surface area is 143 Å². The summed E-state index contributed by atoms with van der Waals surface area (Å²) in [6.07, 6.45) is 2.54. The molecule has 2 saturated heterocycles. The monoisotopic (exact) mass is 336 g/mol. The van der Waals surface area contributed by atoms with E-state index in [1.807, 2.05) is 4.90 Å². The van der Waals surface area contributed by atoms with Crippen LogP contribution in [0.4, 0.5) is 10.6 Å². The largest absolute Gasteiger partial charge is 0.480 e. The lowest BCUT2D eigenvalue weighted by molar-refractivity contribution is 0.0717. The second-order valence-corrected chi connectivity index (χ2v) is 6.71. The molecule has 24 heavy (non-hydrogen) atoms. The second kappa shape index (κ2) is 7.40. The van der Waals surface area contributed by atoms with Crippen molar-refractivity contribution in [2.45, 2.75) is 18.9 Å². The third kappa shape index (κ3) is 3.81. The zero-order valence-electron chi connectivity index (χ0n) is 14.9. The van der Waals surface area contributed by atoms with Crippen molar-refractivity contribution < 1.29 is 9.53 Å². The third-order valence-electron chi connectivity index (χ3n) is 5.02. The summed E-state index contributed by atoms with van der Waals surface area (Å²) in [7, 11) is 5.55. The summed E-state index contributed by atoms with van der Waals surface area (Å²) >= 11 is 0. The molecule has 1 N–H and O–H groups in total. The van der Waals surface area contributed by atoms with Crippen LogP contribution in [-0.2, 0) is 7.05 Å². The van der Waals surface area contributed by atoms with Gasteiger partial charge in [-0.3, -0.25) is 10.2 Å². The number of nitrogens with zero attached hydrogens (tertiary/aromatic N) is 5. The molecular formula is C16H28N6O2. The molecule has 1 atom stereocenters. The molecule has 3 heterocycles. The van der Waals surface area contributed by atoms with Crippen molar-refractivity contribution in [3.63, 3.8) is 0 Å². The molecule has 0 aromatic carbocycles. The average Bonchev–Trinajstić information content (AvgIpc) is 2.95. The maximum absolute atomic E-state index is 12.5. The number of aromatic nitrogens is 2. The number of likely N-dealkylation sites (tertiary alicyclic amines) is 1. The van der Waals surface area contributed by atoms with Crippen LogP contribution in [0.1, 0.15) is 12.8 Å². The Balaban J connectivity index is 1.50. The molecule has 0 saturated carbocycles. The number of carbonyl (C=O) groups is 1. The number of piperazine rings is 1. The predicted molar refractivity (Wildman–Crippen MR) is 92.4 cm³/mol. The summed E-state index contributed by atoms with van der Waals surface area (Å²) in [5.41, 5.74) is 0. The number of nitrogens with one attached hydrogen (secondary N) is 1. The van der Waals surface area contributed by atoms with E-state index in [2.05, 4.69) is 27.3 Å². The van der Waals surface area contributed by atoms with Gasteiger partial charge in [-0.25, -0.2) is 9.48 Å². The number of urea groups is 1. The van der Waals surface area contributed by atoms with Crippen LogP contribution in [0.25, 0.3) is 0 Å². The van der Waals surface area contributed by atoms with E-state index in [0.717, 1.165) is 32.7 Å². The number of rotatable bonds is 3. The van der Waals surface area contributed by atoms with E-state index < -0.39 is 0 Å². The first kappa shape index (κ1) is 17.0. The van der Waals surface area contributed by atoms with Crippen molar-refractivity contribution in [2.24, 2.45) is 7.05 Å². The molecule has 1 unspecified atom stereocenters. The number of carbonyl (C=O) groups excluding carboxylic acids is 1. The summed E-state index contributed by atoms with van der Waals surface area (Å²) in [5, 5.41) is 7.07. The fourth-order valence-electron chi connectivity index (χ4n) is 3.57. The van der Waals surface area contributed by atoms with Gasteiger partial charge >= 0.3 is 6.03 Å². The van der Waals surface area contributed by atoms with Gasteiger partial charge in [0, 0.05) is 51.9 Å². The first-order valence-electron chi connectivity index (χ1n) is 8.63. The molecule has 0 aliphatic carbocycles. The molecule has 0 radical (unpaired) electrons. The normalized spacial score (nSPS) is 23.3. The number of piperidine rings is 1. The number of amides is 2. The maximum Gasteiger partial charge on any atom is 0.323 e. The molecule has 0 spiro atoms. The number of aryl methyl sites for hydroxylation is 1. The van der Waals surface area contributed by atoms with Gasteiger partial charge in [0.15, 0.2) is 0 Å². The number of hydrogen-bond acceptors (Lipinski definition) is 5. The van der Waals surface area contributed by atoms with Crippen LogP contribution in [-0.4, -0.2) is 90.0 Å². The summed E-state index contributed by atoms with van der Waals surface area (Å²) in [6, 6.07) is 2.29. The van der Waals surface area contributed by atoms with E-state index >= 15 is 0 Å². The van der Waals surface area contributed by atoms with Gasteiger partial charge in [0.25, 0.3) is 0 Å². The van der Waals surface area contributed by atoms with E-state index in [-0.39, 0.29) is 6.03 Å². The molecule has 1 aromatic rings. The van der Waals surface area contributed by atoms with Crippen LogP contribution in [0.3, 0.4) is 0 Å². The quantitative estimate of drug-likeness (QED) is 0.879. The van der Waals surface area contributed by atoms with Gasteiger partial charge in [0.2, 0.25) is 5.88 Å². The first-order valence-corrected chi connectivity index (χ1v) is 8.63. The molecule has 2 aliphatic heterocycles. The number of methoxy groups -OCH3 is 1. The lowest BCUT2D eigenvalue weighted by atomic mass is 10.0. The van der Waals surface area contributed by atoms with Crippen molar-refractivity contribution in [2.75, 3.05) is 58.7 Å². The standard InChI is InChI=1S/C16H28N6O2/c1-19-6-4-5-13(12-19)21-7-9-22(10-8-21)16(23)17-14-11-15(24-3)18-20(14)2/h11,13H,4-10,12H2,1-3H3,(H,17,23). The number of anilines is 1. The fourth-order valence-corrected chi connectivity index (χ4v) is 3.57. The summed E-state index contributed by atoms with van der Waals surface area (Å²) in [6.45, 7) is 5.76. The SMILES string of the molecule is COc1cc(NC(=O)N2CCN(C3CCCN(C)C3)CC2)n(C)n1. The van der Waals surface area contributed by atoms with E-state index in [0.29, 0.717) is 17.7 Å². The lowest BCUT2D eigenvalue weighted by Crippen LogP contribution is -2.56. The van der Waals surface area contributed by atoms with Gasteiger partial charge in [-0.2, -0.15) is 0 Å². The van der Waals surface area contributed by atoms with Crippen molar-refractivity contribution >= 4 is 11.8 Å². The molecule has 3 rings (SSSR count). The van der Waals surface area contributed by atoms with Gasteiger partial charge in [-0.15, -0.1) is 5.10 Å². The van der Waals surface area contributed by atoms with Gasteiger partial charge < -0.3 is 14.5 Å². The Bertz CT molecular complexity index is 567. The minimum Gasteiger partial charge on any atom is -0.480 e. The van der Waals surface area contributed by atoms with Crippen LogP contribution < -0.4 is 10.1 Å². The smallest absolute Gasteiger partial charge is 0.323 e. The number of likely N-dealkylation sites (N-methyl/N-ethyl adjacent to an activating group) is 1. The van der Waals surface area contributed by atoms with Crippen molar-refractivity contribution in [1.82, 2.24) is 24.5 Å². The van der Waals surface area contributed by atoms with Gasteiger partial charge in [0.1, 0.15) is 5.82 Å². The van der Waals surface area contributed by atoms with E-state index in [4.69, 9.17) is 4.74 Å². The zero-order valence-corrected chi connectivity index (χ0v) is 14.9. The molecular weight excluding hydrogens is 308 g/mol. The minimum atomic E-state index is -0.0685. The molecule has 8 heteroatoms. The number of ether oxygens (including phenoxy) is 1. The van der Waals surface area contributed by atoms with Crippen molar-refractivity contribution in [3.8, 4) is 5.88 Å². The molecule has 2 aliphatic rings. The number of hydrogen-bond donors (Lipinski definition) is 1. The maximum atomic E-state index is 12.5. The van der Waals surface area contributed by atoms with Crippen LogP contribution in [0.15, 0.2) is 6.07 Å². The highest BCUT2D eigenvalue weighted by Gasteiger charge is 2.28. The van der Waals surface area contributed by atoms with Crippen molar-refractivity contribution in [1.29, 1.82) is 0 Å². The Morgan fingerprint density at radius 1 is 1.25 bits per heavy atom. The Kier molecular flexibility index (Phi) is 5.25. The predicted octanol–water partition coefficient (Wildman–Crippen LogP) is 0.672. The highest BCUT2D eigenvalue weighted by atomic mass is 16.5. The fraction of sp³-hybridized carbons (Fsp3) is 0.750. The van der Waals surface area contributed by atoms with Crippen LogP contribution in [0.2, 0.25) is 0 Å². The summed E-state index contributed by atoms with van der Waals surface area (Å²) in [5.74, 6) is 1.15. The van der Waals surface area contributed by atoms with Gasteiger partial charge in [0.05, 0.1) is 7.11 Å². The van der Waals surface area contributed by atoms with E-state index in [1.54, 1.807) is 24.9 Å².